The van der Waals surface area contributed by atoms with E-state index in [1.54, 1.807) is 24.3 Å². The van der Waals surface area contributed by atoms with Gasteiger partial charge in [0.2, 0.25) is 5.88 Å². The van der Waals surface area contributed by atoms with Gasteiger partial charge in [-0.3, -0.25) is 4.79 Å². The Morgan fingerprint density at radius 3 is 3.05 bits per heavy atom. The summed E-state index contributed by atoms with van der Waals surface area (Å²) in [7, 11) is 0. The lowest BCUT2D eigenvalue weighted by Crippen LogP contribution is -2.00. The summed E-state index contributed by atoms with van der Waals surface area (Å²) in [4.78, 5) is 19.2. The van der Waals surface area contributed by atoms with Crippen molar-refractivity contribution >= 4 is 27.5 Å². The van der Waals surface area contributed by atoms with Gasteiger partial charge in [-0.05, 0) is 35.6 Å². The van der Waals surface area contributed by atoms with Crippen molar-refractivity contribution in [3.8, 4) is 11.6 Å². The van der Waals surface area contributed by atoms with Gasteiger partial charge < -0.3 is 9.84 Å². The number of hydrogen-bond donors (Lipinski definition) is 1. The second kappa shape index (κ2) is 5.49. The Hall–Kier alpha value is -2.47. The van der Waals surface area contributed by atoms with Gasteiger partial charge in [-0.25, -0.2) is 9.97 Å². The van der Waals surface area contributed by atoms with Gasteiger partial charge in [-0.15, -0.1) is 11.3 Å². The predicted octanol–water partition coefficient (Wildman–Crippen LogP) is 3.42. The van der Waals surface area contributed by atoms with Gasteiger partial charge in [-0.2, -0.15) is 0 Å². The van der Waals surface area contributed by atoms with E-state index in [2.05, 4.69) is 9.97 Å². The van der Waals surface area contributed by atoms with Gasteiger partial charge in [0.05, 0.1) is 11.9 Å². The monoisotopic (exact) mass is 300 g/mol. The van der Waals surface area contributed by atoms with Crippen molar-refractivity contribution in [1.82, 2.24) is 9.97 Å². The molecule has 0 unspecified atom stereocenters. The first kappa shape index (κ1) is 13.5. The van der Waals surface area contributed by atoms with Gasteiger partial charge in [0.25, 0.3) is 0 Å². The third-order valence-corrected chi connectivity index (χ3v) is 4.04. The highest BCUT2D eigenvalue weighted by atomic mass is 32.1. The fraction of sp³-hybridized carbons (Fsp3) is 0.133. The Morgan fingerprint density at radius 1 is 1.38 bits per heavy atom. The topological polar surface area (TPSA) is 72.3 Å². The number of rotatable bonds is 4. The third-order valence-electron chi connectivity index (χ3n) is 2.97. The van der Waals surface area contributed by atoms with E-state index in [1.165, 1.54) is 17.7 Å². The number of thiophene rings is 1. The number of carbonyl (C=O) groups is 1. The van der Waals surface area contributed by atoms with Crippen LogP contribution in [0.15, 0.2) is 36.0 Å². The fourth-order valence-corrected chi connectivity index (χ4v) is 2.95. The Labute approximate surface area is 124 Å². The van der Waals surface area contributed by atoms with Gasteiger partial charge >= 0.3 is 5.97 Å². The van der Waals surface area contributed by atoms with Crippen molar-refractivity contribution in [1.29, 1.82) is 0 Å². The van der Waals surface area contributed by atoms with E-state index in [0.29, 0.717) is 17.2 Å². The van der Waals surface area contributed by atoms with Crippen molar-refractivity contribution in [2.45, 2.75) is 13.3 Å². The van der Waals surface area contributed by atoms with Crippen LogP contribution in [0.5, 0.6) is 11.6 Å². The minimum atomic E-state index is -0.870. The van der Waals surface area contributed by atoms with E-state index < -0.39 is 5.97 Å². The lowest BCUT2D eigenvalue weighted by Gasteiger charge is -2.06. The number of aromatic nitrogens is 2. The van der Waals surface area contributed by atoms with E-state index in [0.717, 1.165) is 15.8 Å². The number of hydrogen-bond acceptors (Lipinski definition) is 5. The second-order valence-corrected chi connectivity index (χ2v) is 5.47. The smallest absolute Gasteiger partial charge is 0.307 e. The van der Waals surface area contributed by atoms with Crippen LogP contribution in [0.3, 0.4) is 0 Å². The lowest BCUT2D eigenvalue weighted by atomic mass is 10.1. The van der Waals surface area contributed by atoms with Crippen molar-refractivity contribution < 1.29 is 14.6 Å². The van der Waals surface area contributed by atoms with Crippen LogP contribution in [0.4, 0.5) is 0 Å². The number of ether oxygens (including phenoxy) is 1. The molecule has 2 aromatic heterocycles. The van der Waals surface area contributed by atoms with Crippen LogP contribution in [-0.4, -0.2) is 21.0 Å². The first-order valence-corrected chi connectivity index (χ1v) is 7.19. The Kier molecular flexibility index (Phi) is 3.53. The van der Waals surface area contributed by atoms with Crippen LogP contribution < -0.4 is 4.74 Å². The molecule has 0 fully saturated rings. The highest BCUT2D eigenvalue weighted by Gasteiger charge is 2.10. The number of fused-ring (bicyclic) bond motifs is 1. The maximum Gasteiger partial charge on any atom is 0.307 e. The molecular weight excluding hydrogens is 288 g/mol. The molecule has 1 N–H and O–H groups in total. The highest BCUT2D eigenvalue weighted by Crippen LogP contribution is 2.32. The molecule has 0 aliphatic rings. The molecule has 0 saturated heterocycles. The first-order valence-electron chi connectivity index (χ1n) is 6.31. The Morgan fingerprint density at radius 2 is 2.24 bits per heavy atom. The molecule has 0 bridgehead atoms. The highest BCUT2D eigenvalue weighted by molar-refractivity contribution is 7.17. The van der Waals surface area contributed by atoms with E-state index in [-0.39, 0.29) is 6.42 Å². The number of nitrogens with zero attached hydrogens (tertiary/aromatic N) is 2. The fourth-order valence-electron chi connectivity index (χ4n) is 2.03. The summed E-state index contributed by atoms with van der Waals surface area (Å²) in [5.74, 6) is 0.191. The Bertz CT molecular complexity index is 814. The predicted molar refractivity (Wildman–Crippen MR) is 80.0 cm³/mol. The summed E-state index contributed by atoms with van der Waals surface area (Å²) in [6.45, 7) is 1.99. The molecule has 2 heterocycles. The maximum atomic E-state index is 10.8. The molecule has 0 radical (unpaired) electrons. The standard InChI is InChI=1S/C15H12N2O3S/c1-9-7-21-14-13(9)16-8-17-15(14)20-11-4-2-3-10(5-11)6-12(18)19/h2-5,7-8H,6H2,1H3,(H,18,19). The summed E-state index contributed by atoms with van der Waals surface area (Å²) in [6.07, 6.45) is 1.44. The van der Waals surface area contributed by atoms with E-state index in [4.69, 9.17) is 9.84 Å². The minimum Gasteiger partial charge on any atom is -0.481 e. The molecule has 1 aromatic carbocycles. The molecule has 0 saturated carbocycles. The van der Waals surface area contributed by atoms with Gasteiger partial charge in [0.15, 0.2) is 0 Å². The van der Waals surface area contributed by atoms with E-state index >= 15 is 0 Å². The first-order chi connectivity index (χ1) is 10.1. The van der Waals surface area contributed by atoms with Crippen molar-refractivity contribution in [3.05, 3.63) is 47.1 Å². The number of carboxylic acids is 1. The molecule has 3 aromatic rings. The molecule has 0 aliphatic heterocycles. The van der Waals surface area contributed by atoms with Crippen LogP contribution in [0.25, 0.3) is 10.2 Å². The molecule has 3 rings (SSSR count). The summed E-state index contributed by atoms with van der Waals surface area (Å²) >= 11 is 1.53. The van der Waals surface area contributed by atoms with Gasteiger partial charge in [0.1, 0.15) is 16.8 Å². The number of aryl methyl sites for hydroxylation is 1. The lowest BCUT2D eigenvalue weighted by molar-refractivity contribution is -0.136. The van der Waals surface area contributed by atoms with E-state index in [1.807, 2.05) is 12.3 Å². The van der Waals surface area contributed by atoms with Crippen molar-refractivity contribution in [3.63, 3.8) is 0 Å². The molecule has 0 spiro atoms. The molecule has 6 heteroatoms. The maximum absolute atomic E-state index is 10.8. The van der Waals surface area contributed by atoms with Crippen LogP contribution in [-0.2, 0) is 11.2 Å². The van der Waals surface area contributed by atoms with Crippen molar-refractivity contribution in [2.75, 3.05) is 0 Å². The molecule has 106 valence electrons. The quantitative estimate of drug-likeness (QED) is 0.799. The molecule has 21 heavy (non-hydrogen) atoms. The summed E-state index contributed by atoms with van der Waals surface area (Å²) in [6, 6.07) is 7.01. The zero-order valence-electron chi connectivity index (χ0n) is 11.2. The zero-order valence-corrected chi connectivity index (χ0v) is 12.1. The minimum absolute atomic E-state index is 0.0332. The number of carboxylic acid groups (broad SMARTS) is 1. The number of aliphatic carboxylic acids is 1. The SMILES string of the molecule is Cc1csc2c(Oc3cccc(CC(=O)O)c3)ncnc12. The molecular formula is C15H12N2O3S. The average Bonchev–Trinajstić information content (AvgIpc) is 2.82. The zero-order chi connectivity index (χ0) is 14.8. The molecule has 0 aliphatic carbocycles. The summed E-state index contributed by atoms with van der Waals surface area (Å²) < 4.78 is 6.68. The largest absolute Gasteiger partial charge is 0.481 e. The van der Waals surface area contributed by atoms with Gasteiger partial charge in [-0.1, -0.05) is 12.1 Å². The van der Waals surface area contributed by atoms with Crippen LogP contribution in [0, 0.1) is 6.92 Å². The summed E-state index contributed by atoms with van der Waals surface area (Å²) in [5, 5.41) is 10.8. The van der Waals surface area contributed by atoms with Crippen molar-refractivity contribution in [2.24, 2.45) is 0 Å². The molecule has 5 nitrogen and oxygen atoms in total. The van der Waals surface area contributed by atoms with E-state index in [9.17, 15) is 4.79 Å². The normalized spacial score (nSPS) is 10.7. The Balaban J connectivity index is 1.93. The average molecular weight is 300 g/mol. The van der Waals surface area contributed by atoms with Gasteiger partial charge in [0, 0.05) is 0 Å². The third kappa shape index (κ3) is 2.85. The van der Waals surface area contributed by atoms with Crippen LogP contribution >= 0.6 is 11.3 Å². The molecule has 0 amide bonds. The van der Waals surface area contributed by atoms with Crippen LogP contribution in [0.2, 0.25) is 0 Å². The molecule has 0 atom stereocenters. The second-order valence-electron chi connectivity index (χ2n) is 4.60. The van der Waals surface area contributed by atoms with Crippen LogP contribution in [0.1, 0.15) is 11.1 Å². The number of benzene rings is 1. The summed E-state index contributed by atoms with van der Waals surface area (Å²) in [5.41, 5.74) is 2.65.